The van der Waals surface area contributed by atoms with E-state index in [1.807, 2.05) is 30.3 Å². The highest BCUT2D eigenvalue weighted by molar-refractivity contribution is 5.99. The molecule has 3 aromatic rings. The minimum Gasteiger partial charge on any atom is -0.308 e. The highest BCUT2D eigenvalue weighted by Gasteiger charge is 2.11. The summed E-state index contributed by atoms with van der Waals surface area (Å²) in [4.78, 5) is 12.1. The number of hydrogen-bond acceptors (Lipinski definition) is 2. The number of halogens is 2. The molecule has 0 aliphatic rings. The highest BCUT2D eigenvalue weighted by Crippen LogP contribution is 2.18. The molecule has 7 heteroatoms. The molecule has 0 unspecified atom stereocenters. The van der Waals surface area contributed by atoms with E-state index in [1.54, 1.807) is 17.7 Å². The lowest BCUT2D eigenvalue weighted by atomic mass is 10.3. The van der Waals surface area contributed by atoms with E-state index in [0.29, 0.717) is 5.82 Å². The van der Waals surface area contributed by atoms with E-state index in [-0.39, 0.29) is 5.69 Å². The number of carbonyl (C=O) groups excluding carboxylic acids is 1. The highest BCUT2D eigenvalue weighted by atomic mass is 19.2. The molecule has 0 fully saturated rings. The minimum absolute atomic E-state index is 0.147. The average molecular weight is 328 g/mol. The Morgan fingerprint density at radius 2 is 1.75 bits per heavy atom. The van der Waals surface area contributed by atoms with Crippen molar-refractivity contribution in [3.8, 4) is 5.69 Å². The fourth-order valence-electron chi connectivity index (χ4n) is 2.21. The zero-order valence-corrected chi connectivity index (χ0v) is 12.8. The van der Waals surface area contributed by atoms with E-state index >= 15 is 0 Å². The summed E-state index contributed by atoms with van der Waals surface area (Å²) in [5.74, 6) is -1.55. The maximum absolute atomic E-state index is 13.2. The van der Waals surface area contributed by atoms with Crippen LogP contribution in [-0.4, -0.2) is 15.8 Å². The van der Waals surface area contributed by atoms with Gasteiger partial charge in [-0.15, -0.1) is 0 Å². The lowest BCUT2D eigenvalue weighted by molar-refractivity contribution is 0.262. The Kier molecular flexibility index (Phi) is 4.24. The number of hydrogen-bond donors (Lipinski definition) is 2. The summed E-state index contributed by atoms with van der Waals surface area (Å²) in [6.07, 6.45) is 0. The number of nitrogens with one attached hydrogen (secondary N) is 2. The molecule has 122 valence electrons. The SMILES string of the molecule is Cc1cc(NC(=O)Nc2ccc(F)c(F)c2)n(-c2ccccc2)n1. The van der Waals surface area contributed by atoms with E-state index in [0.717, 1.165) is 23.5 Å². The number of benzene rings is 2. The molecular weight excluding hydrogens is 314 g/mol. The molecule has 0 atom stereocenters. The Morgan fingerprint density at radius 3 is 2.46 bits per heavy atom. The van der Waals surface area contributed by atoms with Gasteiger partial charge in [-0.1, -0.05) is 18.2 Å². The minimum atomic E-state index is -1.03. The van der Waals surface area contributed by atoms with Gasteiger partial charge in [-0.05, 0) is 31.2 Å². The first-order valence-electron chi connectivity index (χ1n) is 7.18. The standard InChI is InChI=1S/C17H14F2N4O/c1-11-9-16(23(22-11)13-5-3-2-4-6-13)21-17(24)20-12-7-8-14(18)15(19)10-12/h2-10H,1H3,(H2,20,21,24). The fraction of sp³-hybridized carbons (Fsp3) is 0.0588. The van der Waals surface area contributed by atoms with Crippen LogP contribution in [0, 0.1) is 18.6 Å². The van der Waals surface area contributed by atoms with E-state index < -0.39 is 17.7 Å². The van der Waals surface area contributed by atoms with Gasteiger partial charge in [0.2, 0.25) is 0 Å². The number of urea groups is 1. The molecule has 0 saturated carbocycles. The molecule has 1 aromatic heterocycles. The van der Waals surface area contributed by atoms with E-state index in [4.69, 9.17) is 0 Å². The number of amides is 2. The fourth-order valence-corrected chi connectivity index (χ4v) is 2.21. The molecule has 2 amide bonds. The Morgan fingerprint density at radius 1 is 1.00 bits per heavy atom. The summed E-state index contributed by atoms with van der Waals surface area (Å²) in [5.41, 5.74) is 1.66. The van der Waals surface area contributed by atoms with Crippen molar-refractivity contribution in [1.82, 2.24) is 9.78 Å². The summed E-state index contributed by atoms with van der Waals surface area (Å²) in [6, 6.07) is 13.6. The predicted molar refractivity (Wildman–Crippen MR) is 87.3 cm³/mol. The van der Waals surface area contributed by atoms with E-state index in [2.05, 4.69) is 15.7 Å². The van der Waals surface area contributed by atoms with Crippen molar-refractivity contribution in [2.45, 2.75) is 6.92 Å². The van der Waals surface area contributed by atoms with Gasteiger partial charge in [0.05, 0.1) is 11.4 Å². The molecule has 2 N–H and O–H groups in total. The summed E-state index contributed by atoms with van der Waals surface area (Å²) in [7, 11) is 0. The molecule has 0 aliphatic heterocycles. The zero-order valence-electron chi connectivity index (χ0n) is 12.8. The van der Waals surface area contributed by atoms with Crippen LogP contribution in [-0.2, 0) is 0 Å². The van der Waals surface area contributed by atoms with Gasteiger partial charge in [0, 0.05) is 17.8 Å². The number of rotatable bonds is 3. The van der Waals surface area contributed by atoms with Crippen molar-refractivity contribution in [3.63, 3.8) is 0 Å². The second-order valence-corrected chi connectivity index (χ2v) is 5.13. The number of nitrogens with zero attached hydrogens (tertiary/aromatic N) is 2. The van der Waals surface area contributed by atoms with Crippen LogP contribution in [0.2, 0.25) is 0 Å². The van der Waals surface area contributed by atoms with Crippen LogP contribution in [0.4, 0.5) is 25.1 Å². The first kappa shape index (κ1) is 15.7. The second kappa shape index (κ2) is 6.49. The van der Waals surface area contributed by atoms with Gasteiger partial charge in [-0.3, -0.25) is 5.32 Å². The number of anilines is 2. The quantitative estimate of drug-likeness (QED) is 0.760. The van der Waals surface area contributed by atoms with Crippen molar-refractivity contribution in [2.24, 2.45) is 0 Å². The first-order valence-corrected chi connectivity index (χ1v) is 7.18. The normalized spacial score (nSPS) is 10.5. The third kappa shape index (κ3) is 3.40. The smallest absolute Gasteiger partial charge is 0.308 e. The third-order valence-electron chi connectivity index (χ3n) is 3.25. The van der Waals surface area contributed by atoms with Gasteiger partial charge in [0.15, 0.2) is 11.6 Å². The Labute approximate surface area is 136 Å². The van der Waals surface area contributed by atoms with Crippen LogP contribution in [0.3, 0.4) is 0 Å². The molecule has 0 aliphatic carbocycles. The van der Waals surface area contributed by atoms with Crippen molar-refractivity contribution in [2.75, 3.05) is 10.6 Å². The van der Waals surface area contributed by atoms with Crippen LogP contribution in [0.1, 0.15) is 5.69 Å². The number of carbonyl (C=O) groups is 1. The average Bonchev–Trinajstić information content (AvgIpc) is 2.92. The molecule has 0 saturated heterocycles. The zero-order chi connectivity index (χ0) is 17.1. The Balaban J connectivity index is 1.78. The van der Waals surface area contributed by atoms with Crippen LogP contribution < -0.4 is 10.6 Å². The van der Waals surface area contributed by atoms with Crippen LogP contribution in [0.15, 0.2) is 54.6 Å². The second-order valence-electron chi connectivity index (χ2n) is 5.13. The van der Waals surface area contributed by atoms with Crippen molar-refractivity contribution < 1.29 is 13.6 Å². The van der Waals surface area contributed by atoms with Gasteiger partial charge in [0.1, 0.15) is 5.82 Å². The Bertz CT molecular complexity index is 878. The van der Waals surface area contributed by atoms with Crippen molar-refractivity contribution >= 4 is 17.5 Å². The van der Waals surface area contributed by atoms with Crippen LogP contribution in [0.5, 0.6) is 0 Å². The van der Waals surface area contributed by atoms with Crippen molar-refractivity contribution in [3.05, 3.63) is 71.9 Å². The van der Waals surface area contributed by atoms with Gasteiger partial charge in [-0.2, -0.15) is 5.10 Å². The summed E-state index contributed by atoms with van der Waals surface area (Å²) in [6.45, 7) is 1.80. The lowest BCUT2D eigenvalue weighted by Crippen LogP contribution is -2.21. The molecule has 1 heterocycles. The van der Waals surface area contributed by atoms with Gasteiger partial charge < -0.3 is 5.32 Å². The van der Waals surface area contributed by atoms with Crippen LogP contribution in [0.25, 0.3) is 5.69 Å². The summed E-state index contributed by atoms with van der Waals surface area (Å²) in [5, 5.41) is 9.43. The number of aromatic nitrogens is 2. The molecular formula is C17H14F2N4O. The number of para-hydroxylation sites is 1. The third-order valence-corrected chi connectivity index (χ3v) is 3.25. The predicted octanol–water partition coefficient (Wildman–Crippen LogP) is 4.10. The lowest BCUT2D eigenvalue weighted by Gasteiger charge is -2.10. The Hall–Kier alpha value is -3.22. The molecule has 24 heavy (non-hydrogen) atoms. The van der Waals surface area contributed by atoms with Crippen molar-refractivity contribution in [1.29, 1.82) is 0 Å². The summed E-state index contributed by atoms with van der Waals surface area (Å²) < 4.78 is 27.7. The molecule has 3 rings (SSSR count). The molecule has 2 aromatic carbocycles. The van der Waals surface area contributed by atoms with Gasteiger partial charge >= 0.3 is 6.03 Å². The van der Waals surface area contributed by atoms with Crippen LogP contribution >= 0.6 is 0 Å². The summed E-state index contributed by atoms with van der Waals surface area (Å²) >= 11 is 0. The number of aryl methyl sites for hydroxylation is 1. The maximum Gasteiger partial charge on any atom is 0.324 e. The molecule has 0 bridgehead atoms. The van der Waals surface area contributed by atoms with E-state index in [9.17, 15) is 13.6 Å². The molecule has 0 spiro atoms. The first-order chi connectivity index (χ1) is 11.5. The van der Waals surface area contributed by atoms with E-state index in [1.165, 1.54) is 6.07 Å². The van der Waals surface area contributed by atoms with Gasteiger partial charge in [-0.25, -0.2) is 18.3 Å². The van der Waals surface area contributed by atoms with Gasteiger partial charge in [0.25, 0.3) is 0 Å². The monoisotopic (exact) mass is 328 g/mol. The largest absolute Gasteiger partial charge is 0.324 e. The topological polar surface area (TPSA) is 59.0 Å². The maximum atomic E-state index is 13.2. The molecule has 5 nitrogen and oxygen atoms in total. The molecule has 0 radical (unpaired) electrons.